The molecule has 90 valence electrons. The SMILES string of the molecule is O=C(Cc1ccc(F)cc1F)C1=CCCCO1. The molecule has 0 bridgehead atoms. The lowest BCUT2D eigenvalue weighted by molar-refractivity contribution is -0.118. The molecule has 0 fully saturated rings. The first kappa shape index (κ1) is 11.8. The van der Waals surface area contributed by atoms with Crippen molar-refractivity contribution in [3.05, 3.63) is 47.2 Å². The lowest BCUT2D eigenvalue weighted by atomic mass is 10.1. The van der Waals surface area contributed by atoms with Crippen LogP contribution in [0.5, 0.6) is 0 Å². The topological polar surface area (TPSA) is 26.3 Å². The van der Waals surface area contributed by atoms with Crippen molar-refractivity contribution in [1.82, 2.24) is 0 Å². The number of rotatable bonds is 3. The van der Waals surface area contributed by atoms with Gasteiger partial charge in [-0.25, -0.2) is 8.78 Å². The Labute approximate surface area is 97.9 Å². The Bertz CT molecular complexity index is 466. The summed E-state index contributed by atoms with van der Waals surface area (Å²) in [5, 5.41) is 0. The van der Waals surface area contributed by atoms with E-state index in [0.717, 1.165) is 25.0 Å². The Kier molecular flexibility index (Phi) is 3.52. The van der Waals surface area contributed by atoms with E-state index in [4.69, 9.17) is 4.74 Å². The van der Waals surface area contributed by atoms with Crippen molar-refractivity contribution in [1.29, 1.82) is 0 Å². The smallest absolute Gasteiger partial charge is 0.201 e. The molecule has 1 heterocycles. The summed E-state index contributed by atoms with van der Waals surface area (Å²) in [5.41, 5.74) is 0.187. The minimum atomic E-state index is -0.699. The van der Waals surface area contributed by atoms with Gasteiger partial charge in [-0.2, -0.15) is 0 Å². The number of hydrogen-bond acceptors (Lipinski definition) is 2. The fraction of sp³-hybridized carbons (Fsp3) is 0.308. The maximum Gasteiger partial charge on any atom is 0.201 e. The van der Waals surface area contributed by atoms with E-state index in [9.17, 15) is 13.6 Å². The van der Waals surface area contributed by atoms with Gasteiger partial charge in [-0.3, -0.25) is 4.79 Å². The van der Waals surface area contributed by atoms with Gasteiger partial charge in [0.15, 0.2) is 5.76 Å². The monoisotopic (exact) mass is 238 g/mol. The van der Waals surface area contributed by atoms with Crippen LogP contribution >= 0.6 is 0 Å². The number of benzene rings is 1. The highest BCUT2D eigenvalue weighted by atomic mass is 19.1. The van der Waals surface area contributed by atoms with Crippen LogP contribution in [0.2, 0.25) is 0 Å². The molecule has 2 nitrogen and oxygen atoms in total. The number of carbonyl (C=O) groups excluding carboxylic acids is 1. The second-order valence-electron chi connectivity index (χ2n) is 3.89. The highest BCUT2D eigenvalue weighted by Gasteiger charge is 2.16. The van der Waals surface area contributed by atoms with E-state index in [-0.39, 0.29) is 17.8 Å². The van der Waals surface area contributed by atoms with E-state index < -0.39 is 11.6 Å². The molecule has 0 spiro atoms. The Morgan fingerprint density at radius 2 is 2.18 bits per heavy atom. The van der Waals surface area contributed by atoms with Crippen LogP contribution in [0.4, 0.5) is 8.78 Å². The zero-order chi connectivity index (χ0) is 12.3. The van der Waals surface area contributed by atoms with Gasteiger partial charge >= 0.3 is 0 Å². The molecule has 1 aromatic carbocycles. The number of ether oxygens (including phenoxy) is 1. The first-order valence-electron chi connectivity index (χ1n) is 5.47. The molecule has 0 saturated heterocycles. The van der Waals surface area contributed by atoms with Crippen molar-refractivity contribution >= 4 is 5.78 Å². The molecule has 17 heavy (non-hydrogen) atoms. The second-order valence-corrected chi connectivity index (χ2v) is 3.89. The van der Waals surface area contributed by atoms with Crippen molar-refractivity contribution in [2.45, 2.75) is 19.3 Å². The van der Waals surface area contributed by atoms with Crippen molar-refractivity contribution in [2.24, 2.45) is 0 Å². The van der Waals surface area contributed by atoms with Crippen LogP contribution in [0.15, 0.2) is 30.0 Å². The molecular weight excluding hydrogens is 226 g/mol. The summed E-state index contributed by atoms with van der Waals surface area (Å²) in [6.45, 7) is 0.517. The standard InChI is InChI=1S/C13H12F2O2/c14-10-5-4-9(11(15)8-10)7-12(16)13-3-1-2-6-17-13/h3-5,8H,1-2,6-7H2. The van der Waals surface area contributed by atoms with Crippen LogP contribution in [0, 0.1) is 11.6 Å². The maximum absolute atomic E-state index is 13.3. The number of carbonyl (C=O) groups is 1. The van der Waals surface area contributed by atoms with Gasteiger partial charge in [-0.15, -0.1) is 0 Å². The second kappa shape index (κ2) is 5.08. The lowest BCUT2D eigenvalue weighted by Gasteiger charge is -2.13. The molecule has 0 atom stereocenters. The van der Waals surface area contributed by atoms with Crippen LogP contribution in [-0.2, 0) is 16.0 Å². The molecule has 4 heteroatoms. The van der Waals surface area contributed by atoms with E-state index in [2.05, 4.69) is 0 Å². The Hall–Kier alpha value is -1.71. The number of ketones is 1. The Morgan fingerprint density at radius 3 is 2.82 bits per heavy atom. The molecule has 0 N–H and O–H groups in total. The summed E-state index contributed by atoms with van der Waals surface area (Å²) in [7, 11) is 0. The van der Waals surface area contributed by atoms with E-state index >= 15 is 0 Å². The molecule has 1 aliphatic rings. The lowest BCUT2D eigenvalue weighted by Crippen LogP contribution is -2.14. The molecular formula is C13H12F2O2. The van der Waals surface area contributed by atoms with E-state index in [1.54, 1.807) is 6.08 Å². The molecule has 0 radical (unpaired) electrons. The van der Waals surface area contributed by atoms with Gasteiger partial charge in [0.05, 0.1) is 6.61 Å². The Morgan fingerprint density at radius 1 is 1.35 bits per heavy atom. The minimum absolute atomic E-state index is 0.0993. The van der Waals surface area contributed by atoms with Crippen molar-refractivity contribution in [3.63, 3.8) is 0 Å². The van der Waals surface area contributed by atoms with Crippen LogP contribution in [0.25, 0.3) is 0 Å². The number of Topliss-reactive ketones (excluding diaryl/α,β-unsaturated/α-hetero) is 1. The van der Waals surface area contributed by atoms with Gasteiger partial charge in [0.1, 0.15) is 11.6 Å². The fourth-order valence-corrected chi connectivity index (χ4v) is 1.68. The maximum atomic E-state index is 13.3. The van der Waals surface area contributed by atoms with E-state index in [1.807, 2.05) is 0 Å². The molecule has 2 rings (SSSR count). The molecule has 0 aliphatic carbocycles. The molecule has 0 saturated carbocycles. The third-order valence-electron chi connectivity index (χ3n) is 2.58. The van der Waals surface area contributed by atoms with Crippen LogP contribution in [0.1, 0.15) is 18.4 Å². The van der Waals surface area contributed by atoms with E-state index in [1.165, 1.54) is 6.07 Å². The predicted molar refractivity (Wildman–Crippen MR) is 58.3 cm³/mol. The summed E-state index contributed by atoms with van der Waals surface area (Å²) in [6.07, 6.45) is 3.31. The molecule has 0 aromatic heterocycles. The first-order valence-corrected chi connectivity index (χ1v) is 5.47. The van der Waals surface area contributed by atoms with Crippen molar-refractivity contribution < 1.29 is 18.3 Å². The van der Waals surface area contributed by atoms with Crippen molar-refractivity contribution in [2.75, 3.05) is 6.61 Å². The van der Waals surface area contributed by atoms with Gasteiger partial charge < -0.3 is 4.74 Å². The number of halogens is 2. The molecule has 1 aromatic rings. The van der Waals surface area contributed by atoms with Crippen molar-refractivity contribution in [3.8, 4) is 0 Å². The highest BCUT2D eigenvalue weighted by Crippen LogP contribution is 2.16. The van der Waals surface area contributed by atoms with Crippen LogP contribution in [0.3, 0.4) is 0 Å². The largest absolute Gasteiger partial charge is 0.490 e. The summed E-state index contributed by atoms with van der Waals surface area (Å²) in [4.78, 5) is 11.8. The third-order valence-corrected chi connectivity index (χ3v) is 2.58. The zero-order valence-corrected chi connectivity index (χ0v) is 9.21. The van der Waals surface area contributed by atoms with Gasteiger partial charge in [-0.1, -0.05) is 6.07 Å². The normalized spacial score (nSPS) is 15.1. The Balaban J connectivity index is 2.10. The van der Waals surface area contributed by atoms with E-state index in [0.29, 0.717) is 12.4 Å². The fourth-order valence-electron chi connectivity index (χ4n) is 1.68. The van der Waals surface area contributed by atoms with Gasteiger partial charge in [0.25, 0.3) is 0 Å². The first-order chi connectivity index (χ1) is 8.16. The average molecular weight is 238 g/mol. The quantitative estimate of drug-likeness (QED) is 0.809. The van der Waals surface area contributed by atoms with Gasteiger partial charge in [-0.05, 0) is 30.5 Å². The van der Waals surface area contributed by atoms with Crippen LogP contribution in [-0.4, -0.2) is 12.4 Å². The molecule has 1 aliphatic heterocycles. The summed E-state index contributed by atoms with van der Waals surface area (Å²) in [5.74, 6) is -1.32. The highest BCUT2D eigenvalue weighted by molar-refractivity contribution is 5.95. The van der Waals surface area contributed by atoms with Gasteiger partial charge in [0, 0.05) is 12.5 Å². The number of hydrogen-bond donors (Lipinski definition) is 0. The zero-order valence-electron chi connectivity index (χ0n) is 9.21. The third kappa shape index (κ3) is 2.90. The summed E-state index contributed by atoms with van der Waals surface area (Å²) in [6, 6.07) is 3.20. The number of allylic oxidation sites excluding steroid dienone is 2. The molecule has 0 unspecified atom stereocenters. The van der Waals surface area contributed by atoms with Gasteiger partial charge in [0.2, 0.25) is 5.78 Å². The van der Waals surface area contributed by atoms with Crippen LogP contribution < -0.4 is 0 Å². The average Bonchev–Trinajstić information content (AvgIpc) is 2.34. The summed E-state index contributed by atoms with van der Waals surface area (Å²) >= 11 is 0. The predicted octanol–water partition coefficient (Wildman–Crippen LogP) is 2.77. The molecule has 0 amide bonds. The summed E-state index contributed by atoms with van der Waals surface area (Å²) < 4.78 is 31.2. The minimum Gasteiger partial charge on any atom is -0.490 e.